The van der Waals surface area contributed by atoms with Gasteiger partial charge in [-0.15, -0.1) is 0 Å². The molecule has 1 aromatic heterocycles. The number of fused-ring (bicyclic) bond motifs is 1. The standard InChI is InChI=1S/C17H25NO4/c1-11(2)21-16(19)13-7-5-6-9-18-10-8-14(15(13)18)17(20)22-12(3)4/h8,10-13H,5-7,9H2,1-4H3. The summed E-state index contributed by atoms with van der Waals surface area (Å²) in [5.41, 5.74) is 1.23. The van der Waals surface area contributed by atoms with Crippen molar-refractivity contribution in [3.8, 4) is 0 Å². The van der Waals surface area contributed by atoms with E-state index < -0.39 is 5.92 Å². The highest BCUT2D eigenvalue weighted by Crippen LogP contribution is 2.32. The molecule has 0 fully saturated rings. The van der Waals surface area contributed by atoms with Crippen LogP contribution in [0, 0.1) is 0 Å². The van der Waals surface area contributed by atoms with E-state index in [0.29, 0.717) is 12.0 Å². The summed E-state index contributed by atoms with van der Waals surface area (Å²) in [5, 5.41) is 0. The number of esters is 2. The lowest BCUT2D eigenvalue weighted by atomic mass is 9.96. The molecule has 0 saturated heterocycles. The summed E-state index contributed by atoms with van der Waals surface area (Å²) in [4.78, 5) is 24.7. The van der Waals surface area contributed by atoms with Crippen LogP contribution in [-0.2, 0) is 20.8 Å². The van der Waals surface area contributed by atoms with Crippen molar-refractivity contribution in [2.75, 3.05) is 0 Å². The Bertz CT molecular complexity index is 545. The van der Waals surface area contributed by atoms with Crippen LogP contribution >= 0.6 is 0 Å². The lowest BCUT2D eigenvalue weighted by molar-refractivity contribution is -0.149. The molecule has 1 aliphatic heterocycles. The summed E-state index contributed by atoms with van der Waals surface area (Å²) in [6.07, 6.45) is 4.16. The fraction of sp³-hybridized carbons (Fsp3) is 0.647. The molecule has 0 spiro atoms. The van der Waals surface area contributed by atoms with Gasteiger partial charge < -0.3 is 14.0 Å². The second-order valence-electron chi connectivity index (χ2n) is 6.30. The molecule has 5 nitrogen and oxygen atoms in total. The number of carbonyl (C=O) groups excluding carboxylic acids is 2. The Morgan fingerprint density at radius 3 is 2.45 bits per heavy atom. The average molecular weight is 307 g/mol. The van der Waals surface area contributed by atoms with Crippen molar-refractivity contribution in [1.82, 2.24) is 4.57 Å². The number of carbonyl (C=O) groups is 2. The van der Waals surface area contributed by atoms with E-state index in [0.717, 1.165) is 25.1 Å². The Balaban J connectivity index is 2.35. The average Bonchev–Trinajstić information content (AvgIpc) is 2.70. The first-order valence-electron chi connectivity index (χ1n) is 8.00. The molecule has 1 unspecified atom stereocenters. The number of ether oxygens (including phenoxy) is 2. The van der Waals surface area contributed by atoms with Gasteiger partial charge in [-0.25, -0.2) is 4.79 Å². The van der Waals surface area contributed by atoms with Crippen molar-refractivity contribution in [2.24, 2.45) is 0 Å². The predicted molar refractivity (Wildman–Crippen MR) is 82.8 cm³/mol. The molecular formula is C17H25NO4. The molecule has 0 radical (unpaired) electrons. The largest absolute Gasteiger partial charge is 0.462 e. The zero-order valence-corrected chi connectivity index (χ0v) is 13.8. The van der Waals surface area contributed by atoms with Crippen molar-refractivity contribution >= 4 is 11.9 Å². The van der Waals surface area contributed by atoms with Crippen LogP contribution in [0.15, 0.2) is 12.3 Å². The van der Waals surface area contributed by atoms with Gasteiger partial charge in [0.05, 0.1) is 23.7 Å². The number of aryl methyl sites for hydroxylation is 1. The van der Waals surface area contributed by atoms with E-state index in [1.54, 1.807) is 6.07 Å². The SMILES string of the molecule is CC(C)OC(=O)c1ccn2c1C(C(=O)OC(C)C)CCCC2. The molecule has 0 aliphatic carbocycles. The monoisotopic (exact) mass is 307 g/mol. The number of aromatic nitrogens is 1. The first-order chi connectivity index (χ1) is 10.4. The summed E-state index contributed by atoms with van der Waals surface area (Å²) in [5.74, 6) is -1.02. The van der Waals surface area contributed by atoms with E-state index in [9.17, 15) is 9.59 Å². The quantitative estimate of drug-likeness (QED) is 0.801. The molecule has 122 valence electrons. The summed E-state index contributed by atoms with van der Waals surface area (Å²) in [6.45, 7) is 8.12. The van der Waals surface area contributed by atoms with Crippen LogP contribution in [0.4, 0.5) is 0 Å². The molecule has 2 heterocycles. The van der Waals surface area contributed by atoms with Gasteiger partial charge in [-0.2, -0.15) is 0 Å². The minimum Gasteiger partial charge on any atom is -0.462 e. The predicted octanol–water partition coefficient (Wildman–Crippen LogP) is 3.27. The minimum atomic E-state index is -0.394. The minimum absolute atomic E-state index is 0.162. The zero-order valence-electron chi connectivity index (χ0n) is 13.8. The number of hydrogen-bond donors (Lipinski definition) is 0. The van der Waals surface area contributed by atoms with Crippen molar-refractivity contribution in [1.29, 1.82) is 0 Å². The van der Waals surface area contributed by atoms with Crippen molar-refractivity contribution in [2.45, 2.75) is 71.6 Å². The van der Waals surface area contributed by atoms with Gasteiger partial charge in [-0.3, -0.25) is 4.79 Å². The summed E-state index contributed by atoms with van der Waals surface area (Å²) < 4.78 is 12.7. The maximum atomic E-state index is 12.4. The van der Waals surface area contributed by atoms with Crippen LogP contribution in [0.5, 0.6) is 0 Å². The molecule has 1 aromatic rings. The van der Waals surface area contributed by atoms with Crippen molar-refractivity contribution in [3.63, 3.8) is 0 Å². The molecule has 1 atom stereocenters. The molecule has 0 N–H and O–H groups in total. The molecule has 5 heteroatoms. The third-order valence-corrected chi connectivity index (χ3v) is 3.68. The lowest BCUT2D eigenvalue weighted by Crippen LogP contribution is -2.23. The van der Waals surface area contributed by atoms with E-state index in [-0.39, 0.29) is 24.1 Å². The number of rotatable bonds is 4. The Hall–Kier alpha value is -1.78. The molecule has 2 rings (SSSR count). The van der Waals surface area contributed by atoms with Gasteiger partial charge in [-0.05, 0) is 46.6 Å². The van der Waals surface area contributed by atoms with Crippen molar-refractivity contribution < 1.29 is 19.1 Å². The van der Waals surface area contributed by atoms with Crippen LogP contribution in [0.1, 0.15) is 68.9 Å². The first-order valence-corrected chi connectivity index (χ1v) is 8.00. The maximum Gasteiger partial charge on any atom is 0.340 e. The van der Waals surface area contributed by atoms with Gasteiger partial charge in [0.1, 0.15) is 0 Å². The molecule has 0 aromatic carbocycles. The molecule has 0 amide bonds. The Morgan fingerprint density at radius 2 is 1.82 bits per heavy atom. The lowest BCUT2D eigenvalue weighted by Gasteiger charge is -2.19. The maximum absolute atomic E-state index is 12.4. The van der Waals surface area contributed by atoms with Crippen LogP contribution in [0.2, 0.25) is 0 Å². The van der Waals surface area contributed by atoms with E-state index in [1.165, 1.54) is 0 Å². The molecular weight excluding hydrogens is 282 g/mol. The third-order valence-electron chi connectivity index (χ3n) is 3.68. The van der Waals surface area contributed by atoms with Crippen LogP contribution < -0.4 is 0 Å². The first kappa shape index (κ1) is 16.6. The van der Waals surface area contributed by atoms with Crippen molar-refractivity contribution in [3.05, 3.63) is 23.5 Å². The highest BCUT2D eigenvalue weighted by Gasteiger charge is 2.32. The normalized spacial score (nSPS) is 18.0. The summed E-state index contributed by atoms with van der Waals surface area (Å²) in [6, 6.07) is 1.75. The molecule has 0 saturated carbocycles. The van der Waals surface area contributed by atoms with E-state index >= 15 is 0 Å². The Labute approximate surface area is 131 Å². The molecule has 0 bridgehead atoms. The van der Waals surface area contributed by atoms with Gasteiger partial charge in [0.15, 0.2) is 0 Å². The topological polar surface area (TPSA) is 57.5 Å². The van der Waals surface area contributed by atoms with E-state index in [1.807, 2.05) is 38.5 Å². The van der Waals surface area contributed by atoms with Gasteiger partial charge in [0.2, 0.25) is 0 Å². The van der Waals surface area contributed by atoms with Gasteiger partial charge in [0.25, 0.3) is 0 Å². The van der Waals surface area contributed by atoms with Gasteiger partial charge >= 0.3 is 11.9 Å². The Morgan fingerprint density at radius 1 is 1.14 bits per heavy atom. The van der Waals surface area contributed by atoms with Crippen LogP contribution in [0.25, 0.3) is 0 Å². The second kappa shape index (κ2) is 6.99. The van der Waals surface area contributed by atoms with Gasteiger partial charge in [-0.1, -0.05) is 6.42 Å². The highest BCUT2D eigenvalue weighted by molar-refractivity contribution is 5.93. The zero-order chi connectivity index (χ0) is 16.3. The summed E-state index contributed by atoms with van der Waals surface area (Å²) in [7, 11) is 0. The number of hydrogen-bond acceptors (Lipinski definition) is 4. The van der Waals surface area contributed by atoms with E-state index in [2.05, 4.69) is 0 Å². The van der Waals surface area contributed by atoms with Crippen LogP contribution in [0.3, 0.4) is 0 Å². The third kappa shape index (κ3) is 3.70. The second-order valence-corrected chi connectivity index (χ2v) is 6.30. The summed E-state index contributed by atoms with van der Waals surface area (Å²) >= 11 is 0. The fourth-order valence-corrected chi connectivity index (χ4v) is 2.83. The number of nitrogens with zero attached hydrogens (tertiary/aromatic N) is 1. The fourth-order valence-electron chi connectivity index (χ4n) is 2.83. The van der Waals surface area contributed by atoms with Gasteiger partial charge in [0, 0.05) is 18.4 Å². The van der Waals surface area contributed by atoms with E-state index in [4.69, 9.17) is 9.47 Å². The Kier molecular flexibility index (Phi) is 5.27. The smallest absolute Gasteiger partial charge is 0.340 e. The highest BCUT2D eigenvalue weighted by atomic mass is 16.5. The molecule has 1 aliphatic rings. The van der Waals surface area contributed by atoms with Crippen LogP contribution in [-0.4, -0.2) is 28.7 Å². The molecule has 22 heavy (non-hydrogen) atoms.